The molecule has 0 aliphatic rings. The Morgan fingerprint density at radius 3 is 2.48 bits per heavy atom. The topological polar surface area (TPSA) is 75.7 Å². The number of ether oxygens (including phenoxy) is 1. The molecule has 0 saturated heterocycles. The van der Waals surface area contributed by atoms with Gasteiger partial charge in [-0.05, 0) is 50.1 Å². The number of anilines is 1. The molecule has 0 aliphatic carbocycles. The molecular weight excluding hydrogens is 364 g/mol. The molecule has 0 heterocycles. The third-order valence-corrected chi connectivity index (χ3v) is 5.11. The molecule has 6 nitrogen and oxygen atoms in total. The molecule has 0 spiro atoms. The van der Waals surface area contributed by atoms with Crippen LogP contribution in [0.1, 0.15) is 18.1 Å². The Morgan fingerprint density at radius 1 is 1.15 bits per heavy atom. The first kappa shape index (κ1) is 20.8. The van der Waals surface area contributed by atoms with E-state index in [1.165, 1.54) is 0 Å². The minimum absolute atomic E-state index is 0.268. The van der Waals surface area contributed by atoms with Gasteiger partial charge in [0.1, 0.15) is 18.9 Å². The van der Waals surface area contributed by atoms with Gasteiger partial charge in [-0.25, -0.2) is 8.42 Å². The third-order valence-electron chi connectivity index (χ3n) is 3.97. The van der Waals surface area contributed by atoms with Gasteiger partial charge in [-0.1, -0.05) is 30.3 Å². The predicted molar refractivity (Wildman–Crippen MR) is 108 cm³/mol. The zero-order chi connectivity index (χ0) is 20.0. The second kappa shape index (κ2) is 8.90. The molecule has 2 aromatic carbocycles. The van der Waals surface area contributed by atoms with E-state index >= 15 is 0 Å². The lowest BCUT2D eigenvalue weighted by Gasteiger charge is -2.23. The number of amides is 1. The normalized spacial score (nSPS) is 12.3. The Morgan fingerprint density at radius 2 is 1.85 bits per heavy atom. The quantitative estimate of drug-likeness (QED) is 0.752. The van der Waals surface area contributed by atoms with E-state index in [0.29, 0.717) is 12.3 Å². The van der Waals surface area contributed by atoms with Gasteiger partial charge in [-0.15, -0.1) is 0 Å². The summed E-state index contributed by atoms with van der Waals surface area (Å²) in [6.07, 6.45) is 1.09. The lowest BCUT2D eigenvalue weighted by atomic mass is 10.2. The zero-order valence-electron chi connectivity index (χ0n) is 16.1. The fraction of sp³-hybridized carbons (Fsp3) is 0.350. The number of para-hydroxylation sites is 1. The van der Waals surface area contributed by atoms with E-state index in [9.17, 15) is 13.2 Å². The van der Waals surface area contributed by atoms with Crippen LogP contribution in [0.25, 0.3) is 0 Å². The van der Waals surface area contributed by atoms with Gasteiger partial charge in [0.2, 0.25) is 15.9 Å². The molecule has 2 aromatic rings. The van der Waals surface area contributed by atoms with Gasteiger partial charge >= 0.3 is 0 Å². The molecule has 2 rings (SSSR count). The van der Waals surface area contributed by atoms with Crippen molar-refractivity contribution in [1.29, 1.82) is 0 Å². The van der Waals surface area contributed by atoms with Crippen LogP contribution in [0, 0.1) is 13.8 Å². The number of hydrogen-bond acceptors (Lipinski definition) is 4. The van der Waals surface area contributed by atoms with E-state index in [1.54, 1.807) is 18.2 Å². The van der Waals surface area contributed by atoms with Crippen molar-refractivity contribution >= 4 is 21.6 Å². The first-order chi connectivity index (χ1) is 12.7. The minimum Gasteiger partial charge on any atom is -0.491 e. The van der Waals surface area contributed by atoms with Crippen molar-refractivity contribution in [1.82, 2.24) is 5.32 Å². The average Bonchev–Trinajstić information content (AvgIpc) is 2.58. The van der Waals surface area contributed by atoms with Crippen LogP contribution < -0.4 is 14.4 Å². The summed E-state index contributed by atoms with van der Waals surface area (Å²) in [6, 6.07) is 14.4. The Kier molecular flexibility index (Phi) is 6.85. The molecule has 1 amide bonds. The summed E-state index contributed by atoms with van der Waals surface area (Å²) in [4.78, 5) is 12.4. The van der Waals surface area contributed by atoms with Crippen LogP contribution in [0.3, 0.4) is 0 Å². The number of carbonyl (C=O) groups excluding carboxylic acids is 1. The summed E-state index contributed by atoms with van der Waals surface area (Å²) < 4.78 is 31.1. The van der Waals surface area contributed by atoms with E-state index in [1.807, 2.05) is 51.1 Å². The van der Waals surface area contributed by atoms with Crippen LogP contribution >= 0.6 is 0 Å². The molecule has 0 aromatic heterocycles. The Hall–Kier alpha value is -2.54. The highest BCUT2D eigenvalue weighted by molar-refractivity contribution is 7.92. The van der Waals surface area contributed by atoms with E-state index in [2.05, 4.69) is 5.32 Å². The average molecular weight is 391 g/mol. The highest BCUT2D eigenvalue weighted by Gasteiger charge is 2.21. The molecule has 0 radical (unpaired) electrons. The van der Waals surface area contributed by atoms with Crippen LogP contribution in [-0.4, -0.2) is 39.8 Å². The molecule has 0 saturated carbocycles. The van der Waals surface area contributed by atoms with Gasteiger partial charge in [0.15, 0.2) is 0 Å². The van der Waals surface area contributed by atoms with Crippen molar-refractivity contribution in [2.24, 2.45) is 0 Å². The molecule has 27 heavy (non-hydrogen) atoms. The maximum atomic E-state index is 12.4. The summed E-state index contributed by atoms with van der Waals surface area (Å²) in [5.41, 5.74) is 2.40. The Balaban J connectivity index is 1.98. The number of nitrogens with one attached hydrogen (secondary N) is 1. The largest absolute Gasteiger partial charge is 0.491 e. The van der Waals surface area contributed by atoms with Gasteiger partial charge in [0.25, 0.3) is 0 Å². The fourth-order valence-electron chi connectivity index (χ4n) is 2.61. The lowest BCUT2D eigenvalue weighted by Crippen LogP contribution is -2.44. The summed E-state index contributed by atoms with van der Waals surface area (Å²) in [5.74, 6) is 0.374. The fourth-order valence-corrected chi connectivity index (χ4v) is 3.46. The second-order valence-electron chi connectivity index (χ2n) is 6.65. The number of carbonyl (C=O) groups is 1. The van der Waals surface area contributed by atoms with E-state index < -0.39 is 10.0 Å². The van der Waals surface area contributed by atoms with Crippen molar-refractivity contribution in [3.05, 3.63) is 59.7 Å². The number of nitrogens with zero attached hydrogens (tertiary/aromatic N) is 1. The molecule has 1 N–H and O–H groups in total. The summed E-state index contributed by atoms with van der Waals surface area (Å²) >= 11 is 0. The summed E-state index contributed by atoms with van der Waals surface area (Å²) in [5, 5.41) is 2.79. The Labute approximate surface area is 161 Å². The Bertz CT molecular complexity index is 896. The first-order valence-corrected chi connectivity index (χ1v) is 10.5. The van der Waals surface area contributed by atoms with Gasteiger partial charge in [-0.3, -0.25) is 9.10 Å². The minimum atomic E-state index is -3.59. The summed E-state index contributed by atoms with van der Waals surface area (Å²) in [6.45, 7) is 5.64. The number of rotatable bonds is 8. The molecule has 0 unspecified atom stereocenters. The van der Waals surface area contributed by atoms with Crippen LogP contribution in [0.4, 0.5) is 5.69 Å². The van der Waals surface area contributed by atoms with Gasteiger partial charge in [0, 0.05) is 0 Å². The van der Waals surface area contributed by atoms with Gasteiger partial charge in [-0.2, -0.15) is 0 Å². The number of benzene rings is 2. The molecule has 7 heteroatoms. The van der Waals surface area contributed by atoms with Gasteiger partial charge in [0.05, 0.1) is 18.0 Å². The molecule has 146 valence electrons. The first-order valence-electron chi connectivity index (χ1n) is 8.69. The predicted octanol–water partition coefficient (Wildman–Crippen LogP) is 2.65. The number of aryl methyl sites for hydroxylation is 2. The van der Waals surface area contributed by atoms with Crippen molar-refractivity contribution in [2.45, 2.75) is 26.8 Å². The van der Waals surface area contributed by atoms with Crippen LogP contribution in [0.15, 0.2) is 48.5 Å². The molecule has 0 bridgehead atoms. The van der Waals surface area contributed by atoms with Crippen LogP contribution in [-0.2, 0) is 14.8 Å². The molecule has 1 atom stereocenters. The molecular formula is C20H26N2O4S. The smallest absolute Gasteiger partial charge is 0.241 e. The maximum Gasteiger partial charge on any atom is 0.241 e. The van der Waals surface area contributed by atoms with Gasteiger partial charge < -0.3 is 10.1 Å². The third kappa shape index (κ3) is 6.29. The van der Waals surface area contributed by atoms with E-state index in [4.69, 9.17) is 4.74 Å². The van der Waals surface area contributed by atoms with Crippen molar-refractivity contribution in [3.63, 3.8) is 0 Å². The maximum absolute atomic E-state index is 12.4. The van der Waals surface area contributed by atoms with E-state index in [0.717, 1.165) is 27.4 Å². The second-order valence-corrected chi connectivity index (χ2v) is 8.56. The van der Waals surface area contributed by atoms with E-state index in [-0.39, 0.29) is 18.5 Å². The molecule has 0 aliphatic heterocycles. The molecule has 0 fully saturated rings. The highest BCUT2D eigenvalue weighted by atomic mass is 32.2. The SMILES string of the molecule is Cc1cccc(N(CC(=O)N[C@H](C)COc2ccccc2C)S(C)(=O)=O)c1. The van der Waals surface area contributed by atoms with Crippen LogP contribution in [0.5, 0.6) is 5.75 Å². The highest BCUT2D eigenvalue weighted by Crippen LogP contribution is 2.19. The number of hydrogen-bond donors (Lipinski definition) is 1. The zero-order valence-corrected chi connectivity index (χ0v) is 16.9. The van der Waals surface area contributed by atoms with Crippen molar-refractivity contribution in [2.75, 3.05) is 23.7 Å². The number of sulfonamides is 1. The lowest BCUT2D eigenvalue weighted by molar-refractivity contribution is -0.120. The monoisotopic (exact) mass is 390 g/mol. The summed E-state index contributed by atoms with van der Waals surface area (Å²) in [7, 11) is -3.59. The van der Waals surface area contributed by atoms with Crippen molar-refractivity contribution in [3.8, 4) is 5.75 Å². The van der Waals surface area contributed by atoms with Crippen molar-refractivity contribution < 1.29 is 17.9 Å². The standard InChI is InChI=1S/C20H26N2O4S/c1-15-8-7-10-18(12-15)22(27(4,24)25)13-20(23)21-17(3)14-26-19-11-6-5-9-16(19)2/h5-12,17H,13-14H2,1-4H3,(H,21,23)/t17-/m1/s1. The van der Waals surface area contributed by atoms with Crippen LogP contribution in [0.2, 0.25) is 0 Å².